The fourth-order valence-corrected chi connectivity index (χ4v) is 2.01. The molecule has 0 aliphatic carbocycles. The van der Waals surface area contributed by atoms with Crippen molar-refractivity contribution in [3.05, 3.63) is 34.9 Å². The van der Waals surface area contributed by atoms with Crippen LogP contribution < -0.4 is 5.32 Å². The van der Waals surface area contributed by atoms with Gasteiger partial charge >= 0.3 is 0 Å². The third-order valence-corrected chi connectivity index (χ3v) is 3.11. The number of hydrogen-bond acceptors (Lipinski definition) is 4. The maximum atomic E-state index is 4.43. The molecule has 1 unspecified atom stereocenters. The molecule has 96 valence electrons. The fraction of sp³-hybridized carbons (Fsp3) is 0.462. The molecule has 0 aliphatic rings. The van der Waals surface area contributed by atoms with E-state index in [1.807, 2.05) is 40.1 Å². The smallest absolute Gasteiger partial charge is 0.251 e. The molecular formula is C13H19N5. The zero-order valence-corrected chi connectivity index (χ0v) is 11.5. The first-order valence-corrected chi connectivity index (χ1v) is 6.07. The summed E-state index contributed by atoms with van der Waals surface area (Å²) in [6.45, 7) is 8.08. The Labute approximate surface area is 107 Å². The second-order valence-electron chi connectivity index (χ2n) is 4.56. The third kappa shape index (κ3) is 2.26. The molecule has 2 aromatic rings. The highest BCUT2D eigenvalue weighted by Gasteiger charge is 2.14. The minimum absolute atomic E-state index is 0.268. The largest absolute Gasteiger partial charge is 0.313 e. The van der Waals surface area contributed by atoms with Gasteiger partial charge in [0.1, 0.15) is 0 Å². The van der Waals surface area contributed by atoms with E-state index in [1.165, 1.54) is 5.56 Å². The number of aromatic nitrogens is 4. The van der Waals surface area contributed by atoms with Crippen LogP contribution in [-0.2, 0) is 0 Å². The van der Waals surface area contributed by atoms with E-state index < -0.39 is 0 Å². The lowest BCUT2D eigenvalue weighted by molar-refractivity contribution is 0.646. The van der Waals surface area contributed by atoms with E-state index in [0.717, 1.165) is 17.1 Å². The predicted molar refractivity (Wildman–Crippen MR) is 70.8 cm³/mol. The summed E-state index contributed by atoms with van der Waals surface area (Å²) < 4.78 is 1.79. The summed E-state index contributed by atoms with van der Waals surface area (Å²) in [6.07, 6.45) is 1.87. The minimum Gasteiger partial charge on any atom is -0.313 e. The maximum absolute atomic E-state index is 4.43. The molecule has 0 saturated heterocycles. The van der Waals surface area contributed by atoms with E-state index >= 15 is 0 Å². The van der Waals surface area contributed by atoms with Crippen LogP contribution in [0.1, 0.15) is 35.6 Å². The number of nitrogens with one attached hydrogen (secondary N) is 1. The summed E-state index contributed by atoms with van der Waals surface area (Å²) in [6, 6.07) is 2.23. The Morgan fingerprint density at radius 2 is 1.78 bits per heavy atom. The van der Waals surface area contributed by atoms with Gasteiger partial charge < -0.3 is 5.32 Å². The molecular weight excluding hydrogens is 226 g/mol. The highest BCUT2D eigenvalue weighted by atomic mass is 15.3. The number of nitrogens with zero attached hydrogens (tertiary/aromatic N) is 4. The lowest BCUT2D eigenvalue weighted by atomic mass is 10.1. The second-order valence-corrected chi connectivity index (χ2v) is 4.56. The molecule has 2 heterocycles. The monoisotopic (exact) mass is 245 g/mol. The van der Waals surface area contributed by atoms with Crippen LogP contribution in [0.3, 0.4) is 0 Å². The molecule has 2 rings (SSSR count). The van der Waals surface area contributed by atoms with Gasteiger partial charge in [0.25, 0.3) is 5.95 Å². The summed E-state index contributed by atoms with van der Waals surface area (Å²) in [7, 11) is 1.94. The topological polar surface area (TPSA) is 55.6 Å². The van der Waals surface area contributed by atoms with Gasteiger partial charge in [-0.25, -0.2) is 14.6 Å². The highest BCUT2D eigenvalue weighted by Crippen LogP contribution is 2.18. The molecule has 0 bridgehead atoms. The van der Waals surface area contributed by atoms with Crippen molar-refractivity contribution >= 4 is 0 Å². The first-order chi connectivity index (χ1) is 8.52. The quantitative estimate of drug-likeness (QED) is 0.897. The van der Waals surface area contributed by atoms with Gasteiger partial charge in [-0.2, -0.15) is 5.10 Å². The molecule has 0 aromatic carbocycles. The molecule has 0 aliphatic heterocycles. The van der Waals surface area contributed by atoms with E-state index in [0.29, 0.717) is 5.95 Å². The van der Waals surface area contributed by atoms with Gasteiger partial charge in [-0.3, -0.25) is 0 Å². The Balaban J connectivity index is 2.48. The van der Waals surface area contributed by atoms with Crippen molar-refractivity contribution in [1.82, 2.24) is 25.1 Å². The molecule has 1 atom stereocenters. The average molecular weight is 245 g/mol. The van der Waals surface area contributed by atoms with Crippen LogP contribution >= 0.6 is 0 Å². The van der Waals surface area contributed by atoms with Gasteiger partial charge in [0, 0.05) is 28.7 Å². The Morgan fingerprint density at radius 3 is 2.33 bits per heavy atom. The van der Waals surface area contributed by atoms with Crippen molar-refractivity contribution in [2.45, 2.75) is 33.7 Å². The minimum atomic E-state index is 0.268. The van der Waals surface area contributed by atoms with Crippen molar-refractivity contribution < 1.29 is 0 Å². The predicted octanol–water partition coefficient (Wildman–Crippen LogP) is 1.87. The molecule has 0 spiro atoms. The average Bonchev–Trinajstić information content (AvgIpc) is 2.69. The normalized spacial score (nSPS) is 12.7. The van der Waals surface area contributed by atoms with Crippen molar-refractivity contribution in [3.8, 4) is 5.95 Å². The SMILES string of the molecule is CNC(C)c1cnn(-c2nc(C)cc(C)n2)c1C. The van der Waals surface area contributed by atoms with E-state index in [-0.39, 0.29) is 6.04 Å². The Bertz CT molecular complexity index is 538. The van der Waals surface area contributed by atoms with Crippen LogP contribution in [0.4, 0.5) is 0 Å². The summed E-state index contributed by atoms with van der Waals surface area (Å²) in [4.78, 5) is 8.87. The summed E-state index contributed by atoms with van der Waals surface area (Å²) in [5.41, 5.74) is 4.15. The van der Waals surface area contributed by atoms with E-state index in [1.54, 1.807) is 4.68 Å². The first kappa shape index (κ1) is 12.7. The Kier molecular flexibility index (Phi) is 3.43. The van der Waals surface area contributed by atoms with Crippen LogP contribution in [0.2, 0.25) is 0 Å². The van der Waals surface area contributed by atoms with Crippen LogP contribution in [0, 0.1) is 20.8 Å². The molecule has 2 aromatic heterocycles. The molecule has 0 fully saturated rings. The van der Waals surface area contributed by atoms with Gasteiger partial charge in [0.15, 0.2) is 0 Å². The molecule has 5 nitrogen and oxygen atoms in total. The molecule has 0 saturated carbocycles. The molecule has 18 heavy (non-hydrogen) atoms. The lowest BCUT2D eigenvalue weighted by Gasteiger charge is -2.10. The van der Waals surface area contributed by atoms with Crippen molar-refractivity contribution in [3.63, 3.8) is 0 Å². The molecule has 0 radical (unpaired) electrons. The highest BCUT2D eigenvalue weighted by molar-refractivity contribution is 5.27. The molecule has 0 amide bonds. The van der Waals surface area contributed by atoms with Gasteiger partial charge in [-0.15, -0.1) is 0 Å². The van der Waals surface area contributed by atoms with E-state index in [4.69, 9.17) is 0 Å². The van der Waals surface area contributed by atoms with E-state index in [2.05, 4.69) is 27.3 Å². The van der Waals surface area contributed by atoms with Gasteiger partial charge in [0.05, 0.1) is 6.20 Å². The van der Waals surface area contributed by atoms with Crippen LogP contribution in [-0.4, -0.2) is 26.8 Å². The zero-order chi connectivity index (χ0) is 13.3. The van der Waals surface area contributed by atoms with Crippen LogP contribution in [0.5, 0.6) is 0 Å². The van der Waals surface area contributed by atoms with Crippen LogP contribution in [0.15, 0.2) is 12.3 Å². The van der Waals surface area contributed by atoms with Gasteiger partial charge in [-0.05, 0) is 40.8 Å². The summed E-state index contributed by atoms with van der Waals surface area (Å²) in [5, 5.41) is 7.60. The van der Waals surface area contributed by atoms with Gasteiger partial charge in [0.2, 0.25) is 0 Å². The summed E-state index contributed by atoms with van der Waals surface area (Å²) in [5.74, 6) is 0.638. The van der Waals surface area contributed by atoms with Crippen molar-refractivity contribution in [2.24, 2.45) is 0 Å². The summed E-state index contributed by atoms with van der Waals surface area (Å²) >= 11 is 0. The molecule has 1 N–H and O–H groups in total. The van der Waals surface area contributed by atoms with Crippen molar-refractivity contribution in [2.75, 3.05) is 7.05 Å². The van der Waals surface area contributed by atoms with E-state index in [9.17, 15) is 0 Å². The standard InChI is InChI=1S/C13H19N5/c1-8-6-9(2)17-13(16-8)18-11(4)12(7-15-18)10(3)14-5/h6-7,10,14H,1-5H3. The lowest BCUT2D eigenvalue weighted by Crippen LogP contribution is -2.13. The fourth-order valence-electron chi connectivity index (χ4n) is 2.01. The van der Waals surface area contributed by atoms with Gasteiger partial charge in [-0.1, -0.05) is 0 Å². The maximum Gasteiger partial charge on any atom is 0.251 e. The van der Waals surface area contributed by atoms with Crippen LogP contribution in [0.25, 0.3) is 5.95 Å². The van der Waals surface area contributed by atoms with Crippen molar-refractivity contribution in [1.29, 1.82) is 0 Å². The first-order valence-electron chi connectivity index (χ1n) is 6.07. The third-order valence-electron chi connectivity index (χ3n) is 3.11. The Morgan fingerprint density at radius 1 is 1.17 bits per heavy atom. The number of hydrogen-bond donors (Lipinski definition) is 1. The Hall–Kier alpha value is -1.75. The second kappa shape index (κ2) is 4.86. The number of rotatable bonds is 3. The molecule has 5 heteroatoms. The number of aryl methyl sites for hydroxylation is 2. The zero-order valence-electron chi connectivity index (χ0n) is 11.5.